The van der Waals surface area contributed by atoms with E-state index < -0.39 is 0 Å². The first-order valence-electron chi connectivity index (χ1n) is 17.7. The summed E-state index contributed by atoms with van der Waals surface area (Å²) >= 11 is 0. The zero-order chi connectivity index (χ0) is 34.8. The minimum Gasteiger partial charge on any atom is -0.456 e. The summed E-state index contributed by atoms with van der Waals surface area (Å²) in [5.41, 5.74) is 14.5. The molecule has 0 bridgehead atoms. The number of furan rings is 1. The Morgan fingerprint density at radius 1 is 0.404 bits per heavy atom. The van der Waals surface area contributed by atoms with E-state index in [1.807, 2.05) is 72.8 Å². The molecule has 10 rings (SSSR count). The summed E-state index contributed by atoms with van der Waals surface area (Å²) in [5.74, 6) is 1.87. The lowest BCUT2D eigenvalue weighted by Crippen LogP contribution is -2.16. The van der Waals surface area contributed by atoms with Crippen molar-refractivity contribution < 1.29 is 4.42 Å². The highest BCUT2D eigenvalue weighted by molar-refractivity contribution is 6.12. The summed E-state index contributed by atoms with van der Waals surface area (Å²) in [6, 6.07) is 57.2. The van der Waals surface area contributed by atoms with Crippen molar-refractivity contribution in [1.29, 1.82) is 0 Å². The molecule has 0 unspecified atom stereocenters. The molecule has 246 valence electrons. The lowest BCUT2D eigenvalue weighted by molar-refractivity contribution is 0.662. The first-order chi connectivity index (χ1) is 25.5. The molecule has 7 aromatic carbocycles. The second-order valence-corrected chi connectivity index (χ2v) is 14.0. The second-order valence-electron chi connectivity index (χ2n) is 14.0. The van der Waals surface area contributed by atoms with E-state index in [0.29, 0.717) is 17.5 Å². The largest absolute Gasteiger partial charge is 0.456 e. The molecule has 9 aromatic rings. The van der Waals surface area contributed by atoms with Crippen LogP contribution in [0.5, 0.6) is 0 Å². The maximum atomic E-state index is 6.46. The van der Waals surface area contributed by atoms with E-state index in [1.54, 1.807) is 0 Å². The molecule has 4 nitrogen and oxygen atoms in total. The maximum Gasteiger partial charge on any atom is 0.164 e. The Kier molecular flexibility index (Phi) is 6.80. The molecule has 0 saturated heterocycles. The molecule has 0 radical (unpaired) electrons. The lowest BCUT2D eigenvalue weighted by Gasteiger charge is -2.24. The predicted octanol–water partition coefficient (Wildman–Crippen LogP) is 12.4. The van der Waals surface area contributed by atoms with Gasteiger partial charge in [-0.05, 0) is 68.8 Å². The SMILES string of the molecule is CC1(C)c2ccccc2-c2cccc(-c3cccc(-c4ccc5oc6cccc(-c7nc(-c8ccccc8)nc(-c8ccccc8)n7)c6c5c4)c3)c21. The van der Waals surface area contributed by atoms with Gasteiger partial charge in [-0.25, -0.2) is 15.0 Å². The van der Waals surface area contributed by atoms with E-state index in [4.69, 9.17) is 19.4 Å². The topological polar surface area (TPSA) is 51.8 Å². The van der Waals surface area contributed by atoms with E-state index in [9.17, 15) is 0 Å². The zero-order valence-corrected chi connectivity index (χ0v) is 28.8. The third kappa shape index (κ3) is 4.79. The van der Waals surface area contributed by atoms with Crippen molar-refractivity contribution in [3.8, 4) is 67.5 Å². The molecule has 4 heteroatoms. The first-order valence-corrected chi connectivity index (χ1v) is 17.7. The number of hydrogen-bond donors (Lipinski definition) is 0. The Hall–Kier alpha value is -6.65. The molecule has 2 heterocycles. The average Bonchev–Trinajstić information content (AvgIpc) is 3.70. The van der Waals surface area contributed by atoms with Crippen LogP contribution in [0.15, 0.2) is 168 Å². The van der Waals surface area contributed by atoms with Crippen molar-refractivity contribution in [1.82, 2.24) is 15.0 Å². The quantitative estimate of drug-likeness (QED) is 0.183. The zero-order valence-electron chi connectivity index (χ0n) is 28.8. The molecule has 1 aliphatic rings. The molecule has 0 fully saturated rings. The van der Waals surface area contributed by atoms with Crippen molar-refractivity contribution in [3.63, 3.8) is 0 Å². The number of rotatable bonds is 5. The van der Waals surface area contributed by atoms with Crippen LogP contribution in [0.3, 0.4) is 0 Å². The summed E-state index contributed by atoms with van der Waals surface area (Å²) in [7, 11) is 0. The van der Waals surface area contributed by atoms with E-state index in [-0.39, 0.29) is 5.41 Å². The normalized spacial score (nSPS) is 13.0. The Labute approximate surface area is 302 Å². The van der Waals surface area contributed by atoms with Crippen molar-refractivity contribution in [2.75, 3.05) is 0 Å². The molecule has 2 aromatic heterocycles. The van der Waals surface area contributed by atoms with Gasteiger partial charge in [-0.3, -0.25) is 0 Å². The number of nitrogens with zero attached hydrogens (tertiary/aromatic N) is 3. The van der Waals surface area contributed by atoms with Crippen LogP contribution < -0.4 is 0 Å². The van der Waals surface area contributed by atoms with E-state index >= 15 is 0 Å². The van der Waals surface area contributed by atoms with E-state index in [2.05, 4.69) is 105 Å². The third-order valence-corrected chi connectivity index (χ3v) is 10.5. The van der Waals surface area contributed by atoms with Crippen LogP contribution in [0.4, 0.5) is 0 Å². The van der Waals surface area contributed by atoms with Gasteiger partial charge < -0.3 is 4.42 Å². The van der Waals surface area contributed by atoms with Crippen LogP contribution in [0.25, 0.3) is 89.5 Å². The van der Waals surface area contributed by atoms with Gasteiger partial charge in [0.25, 0.3) is 0 Å². The fourth-order valence-electron chi connectivity index (χ4n) is 8.08. The van der Waals surface area contributed by atoms with Crippen LogP contribution in [-0.2, 0) is 5.41 Å². The molecule has 0 amide bonds. The molecule has 52 heavy (non-hydrogen) atoms. The highest BCUT2D eigenvalue weighted by atomic mass is 16.3. The van der Waals surface area contributed by atoms with Crippen LogP contribution in [0.2, 0.25) is 0 Å². The second kappa shape index (κ2) is 11.7. The van der Waals surface area contributed by atoms with Crippen molar-refractivity contribution in [3.05, 3.63) is 175 Å². The van der Waals surface area contributed by atoms with Crippen molar-refractivity contribution in [2.45, 2.75) is 19.3 Å². The maximum absolute atomic E-state index is 6.46. The first kappa shape index (κ1) is 30.2. The summed E-state index contributed by atoms with van der Waals surface area (Å²) in [4.78, 5) is 15.0. The highest BCUT2D eigenvalue weighted by Crippen LogP contribution is 2.52. The summed E-state index contributed by atoms with van der Waals surface area (Å²) < 4.78 is 6.46. The molecule has 0 aliphatic heterocycles. The van der Waals surface area contributed by atoms with E-state index in [1.165, 1.54) is 33.4 Å². The van der Waals surface area contributed by atoms with Gasteiger partial charge in [0, 0.05) is 32.9 Å². The van der Waals surface area contributed by atoms with Gasteiger partial charge >= 0.3 is 0 Å². The van der Waals surface area contributed by atoms with Gasteiger partial charge in [0.05, 0.1) is 0 Å². The van der Waals surface area contributed by atoms with Gasteiger partial charge in [-0.15, -0.1) is 0 Å². The third-order valence-electron chi connectivity index (χ3n) is 10.5. The Morgan fingerprint density at radius 3 is 1.73 bits per heavy atom. The molecule has 0 spiro atoms. The minimum atomic E-state index is -0.0979. The van der Waals surface area contributed by atoms with Crippen molar-refractivity contribution in [2.24, 2.45) is 0 Å². The van der Waals surface area contributed by atoms with Gasteiger partial charge in [0.2, 0.25) is 0 Å². The number of hydrogen-bond acceptors (Lipinski definition) is 4. The Morgan fingerprint density at radius 2 is 0.962 bits per heavy atom. The van der Waals surface area contributed by atoms with Gasteiger partial charge in [-0.2, -0.15) is 0 Å². The van der Waals surface area contributed by atoms with Crippen LogP contribution in [0.1, 0.15) is 25.0 Å². The number of benzene rings is 7. The smallest absolute Gasteiger partial charge is 0.164 e. The summed E-state index contributed by atoms with van der Waals surface area (Å²) in [6.45, 7) is 4.69. The molecule has 0 atom stereocenters. The predicted molar refractivity (Wildman–Crippen MR) is 212 cm³/mol. The van der Waals surface area contributed by atoms with E-state index in [0.717, 1.165) is 49.8 Å². The average molecular weight is 668 g/mol. The monoisotopic (exact) mass is 667 g/mol. The van der Waals surface area contributed by atoms with Gasteiger partial charge in [0.15, 0.2) is 17.5 Å². The van der Waals surface area contributed by atoms with Crippen molar-refractivity contribution >= 4 is 21.9 Å². The molecular weight excluding hydrogens is 635 g/mol. The van der Waals surface area contributed by atoms with Crippen LogP contribution in [0, 0.1) is 0 Å². The van der Waals surface area contributed by atoms with Gasteiger partial charge in [0.1, 0.15) is 11.2 Å². The number of fused-ring (bicyclic) bond motifs is 6. The molecule has 0 N–H and O–H groups in total. The summed E-state index contributed by atoms with van der Waals surface area (Å²) in [5, 5.41) is 2.01. The van der Waals surface area contributed by atoms with Crippen LogP contribution in [-0.4, -0.2) is 15.0 Å². The highest BCUT2D eigenvalue weighted by Gasteiger charge is 2.37. The fourth-order valence-corrected chi connectivity index (χ4v) is 8.08. The Bertz CT molecular complexity index is 2760. The lowest BCUT2D eigenvalue weighted by atomic mass is 9.78. The fraction of sp³-hybridized carbons (Fsp3) is 0.0625. The molecule has 0 saturated carbocycles. The molecular formula is C48H33N3O. The molecule has 1 aliphatic carbocycles. The van der Waals surface area contributed by atoms with Gasteiger partial charge in [-0.1, -0.05) is 153 Å². The number of aromatic nitrogens is 3. The Balaban J connectivity index is 1.12. The summed E-state index contributed by atoms with van der Waals surface area (Å²) in [6.07, 6.45) is 0. The van der Waals surface area contributed by atoms with Crippen LogP contribution >= 0.6 is 0 Å². The minimum absolute atomic E-state index is 0.0979. The standard InChI is InChI=1S/C48H33N3O/c1-48(2)40-24-10-9-20-36(40)37-22-12-21-35(44(37)48)34-19-11-18-32(28-34)33-26-27-41-39(29-33)43-38(23-13-25-42(43)52-41)47-50-45(30-14-5-3-6-15-30)49-46(51-47)31-16-7-4-8-17-31/h3-29H,1-2H3.